The molecule has 0 spiro atoms. The van der Waals surface area contributed by atoms with Gasteiger partial charge in [-0.1, -0.05) is 6.92 Å². The van der Waals surface area contributed by atoms with Crippen molar-refractivity contribution in [2.45, 2.75) is 31.2 Å². The van der Waals surface area contributed by atoms with Gasteiger partial charge in [0.1, 0.15) is 5.82 Å². The summed E-state index contributed by atoms with van der Waals surface area (Å²) in [6.45, 7) is 4.99. The highest BCUT2D eigenvalue weighted by Crippen LogP contribution is 2.15. The standard InChI is InChI=1S/C13H22FN3O2S/c1-4-10(2)17(3)6-5-16-20(18,19)13-8-11(14)7-12(15)9-13/h7-10,16H,4-6,15H2,1-3H3. The minimum absolute atomic E-state index is 0.0853. The summed E-state index contributed by atoms with van der Waals surface area (Å²) in [6, 6.07) is 3.65. The Morgan fingerprint density at radius 1 is 1.40 bits per heavy atom. The van der Waals surface area contributed by atoms with Crippen LogP contribution in [0.1, 0.15) is 20.3 Å². The van der Waals surface area contributed by atoms with Crippen molar-refractivity contribution in [3.8, 4) is 0 Å². The van der Waals surface area contributed by atoms with Crippen molar-refractivity contribution in [1.82, 2.24) is 9.62 Å². The van der Waals surface area contributed by atoms with Gasteiger partial charge >= 0.3 is 0 Å². The molecule has 0 bridgehead atoms. The maximum Gasteiger partial charge on any atom is 0.240 e. The van der Waals surface area contributed by atoms with E-state index in [2.05, 4.69) is 23.5 Å². The van der Waals surface area contributed by atoms with E-state index in [9.17, 15) is 12.8 Å². The Kier molecular flexibility index (Phi) is 5.91. The highest BCUT2D eigenvalue weighted by Gasteiger charge is 2.16. The molecule has 0 aliphatic heterocycles. The number of nitrogens with two attached hydrogens (primary N) is 1. The van der Waals surface area contributed by atoms with Crippen LogP contribution in [-0.4, -0.2) is 39.5 Å². The molecule has 0 fully saturated rings. The number of halogens is 1. The normalized spacial score (nSPS) is 13.7. The minimum atomic E-state index is -3.73. The van der Waals surface area contributed by atoms with Crippen LogP contribution in [0.4, 0.5) is 10.1 Å². The SMILES string of the molecule is CCC(C)N(C)CCNS(=O)(=O)c1cc(N)cc(F)c1. The molecule has 1 unspecified atom stereocenters. The van der Waals surface area contributed by atoms with Gasteiger partial charge in [-0.15, -0.1) is 0 Å². The third-order valence-corrected chi connectivity index (χ3v) is 4.74. The number of likely N-dealkylation sites (N-methyl/N-ethyl adjacent to an activating group) is 1. The molecule has 1 atom stereocenters. The van der Waals surface area contributed by atoms with Gasteiger partial charge in [0.2, 0.25) is 10.0 Å². The fourth-order valence-corrected chi connectivity index (χ4v) is 2.80. The predicted molar refractivity (Wildman–Crippen MR) is 78.4 cm³/mol. The molecule has 0 heterocycles. The van der Waals surface area contributed by atoms with Gasteiger partial charge in [0.15, 0.2) is 0 Å². The summed E-state index contributed by atoms with van der Waals surface area (Å²) in [5, 5.41) is 0. The summed E-state index contributed by atoms with van der Waals surface area (Å²) >= 11 is 0. The molecule has 0 aliphatic rings. The molecule has 0 saturated heterocycles. The molecule has 1 aromatic carbocycles. The zero-order chi connectivity index (χ0) is 15.3. The van der Waals surface area contributed by atoms with Gasteiger partial charge in [0, 0.05) is 24.8 Å². The van der Waals surface area contributed by atoms with Gasteiger partial charge in [-0.05, 0) is 38.6 Å². The zero-order valence-corrected chi connectivity index (χ0v) is 12.9. The first-order valence-electron chi connectivity index (χ1n) is 6.52. The summed E-state index contributed by atoms with van der Waals surface area (Å²) in [5.74, 6) is -0.665. The minimum Gasteiger partial charge on any atom is -0.399 e. The Labute approximate surface area is 120 Å². The molecule has 0 saturated carbocycles. The predicted octanol–water partition coefficient (Wildman–Crippen LogP) is 1.42. The second-order valence-corrected chi connectivity index (χ2v) is 6.62. The number of rotatable bonds is 7. The highest BCUT2D eigenvalue weighted by molar-refractivity contribution is 7.89. The zero-order valence-electron chi connectivity index (χ0n) is 12.1. The van der Waals surface area contributed by atoms with Crippen molar-refractivity contribution in [3.63, 3.8) is 0 Å². The van der Waals surface area contributed by atoms with Crippen LogP contribution in [0.3, 0.4) is 0 Å². The molecule has 0 aliphatic carbocycles. The smallest absolute Gasteiger partial charge is 0.240 e. The molecule has 0 aromatic heterocycles. The number of nitrogens with zero attached hydrogens (tertiary/aromatic N) is 1. The van der Waals surface area contributed by atoms with Gasteiger partial charge in [-0.25, -0.2) is 17.5 Å². The maximum absolute atomic E-state index is 13.2. The number of nitrogens with one attached hydrogen (secondary N) is 1. The van der Waals surface area contributed by atoms with E-state index in [1.165, 1.54) is 6.07 Å². The van der Waals surface area contributed by atoms with Crippen LogP contribution in [0.15, 0.2) is 23.1 Å². The lowest BCUT2D eigenvalue weighted by Crippen LogP contribution is -2.37. The van der Waals surface area contributed by atoms with E-state index in [0.29, 0.717) is 12.6 Å². The van der Waals surface area contributed by atoms with Gasteiger partial charge in [-0.3, -0.25) is 0 Å². The summed E-state index contributed by atoms with van der Waals surface area (Å²) in [7, 11) is -1.80. The first-order valence-corrected chi connectivity index (χ1v) is 8.00. The fraction of sp³-hybridized carbons (Fsp3) is 0.538. The quantitative estimate of drug-likeness (QED) is 0.747. The number of anilines is 1. The molecule has 5 nitrogen and oxygen atoms in total. The van der Waals surface area contributed by atoms with E-state index in [1.54, 1.807) is 0 Å². The van der Waals surface area contributed by atoms with Gasteiger partial charge in [0.05, 0.1) is 4.90 Å². The molecule has 114 valence electrons. The maximum atomic E-state index is 13.2. The Hall–Kier alpha value is -1.18. The topological polar surface area (TPSA) is 75.4 Å². The average Bonchev–Trinajstić information content (AvgIpc) is 2.36. The van der Waals surface area contributed by atoms with E-state index < -0.39 is 15.8 Å². The largest absolute Gasteiger partial charge is 0.399 e. The van der Waals surface area contributed by atoms with Crippen molar-refractivity contribution in [2.75, 3.05) is 25.9 Å². The fourth-order valence-electron chi connectivity index (χ4n) is 1.71. The number of benzene rings is 1. The summed E-state index contributed by atoms with van der Waals surface area (Å²) in [5.41, 5.74) is 5.54. The van der Waals surface area contributed by atoms with E-state index >= 15 is 0 Å². The molecule has 1 rings (SSSR count). The van der Waals surface area contributed by atoms with Gasteiger partial charge in [-0.2, -0.15) is 0 Å². The number of hydrogen-bond acceptors (Lipinski definition) is 4. The third-order valence-electron chi connectivity index (χ3n) is 3.30. The lowest BCUT2D eigenvalue weighted by Gasteiger charge is -2.23. The van der Waals surface area contributed by atoms with Crippen LogP contribution in [-0.2, 0) is 10.0 Å². The molecule has 3 N–H and O–H groups in total. The van der Waals surface area contributed by atoms with E-state index in [4.69, 9.17) is 5.73 Å². The van der Waals surface area contributed by atoms with Gasteiger partial charge < -0.3 is 10.6 Å². The molecule has 7 heteroatoms. The lowest BCUT2D eigenvalue weighted by molar-refractivity contribution is 0.256. The molecule has 0 amide bonds. The Bertz CT molecular complexity index is 528. The van der Waals surface area contributed by atoms with Crippen LogP contribution in [0.5, 0.6) is 0 Å². The number of hydrogen-bond donors (Lipinski definition) is 2. The Morgan fingerprint density at radius 2 is 2.05 bits per heavy atom. The number of sulfonamides is 1. The summed E-state index contributed by atoms with van der Waals surface area (Å²) in [6.07, 6.45) is 0.990. The molecule has 0 radical (unpaired) electrons. The highest BCUT2D eigenvalue weighted by atomic mass is 32.2. The summed E-state index contributed by atoms with van der Waals surface area (Å²) in [4.78, 5) is 1.91. The van der Waals surface area contributed by atoms with Crippen LogP contribution in [0.25, 0.3) is 0 Å². The summed E-state index contributed by atoms with van der Waals surface area (Å²) < 4.78 is 39.6. The lowest BCUT2D eigenvalue weighted by atomic mass is 10.2. The van der Waals surface area contributed by atoms with Crippen LogP contribution in [0, 0.1) is 5.82 Å². The van der Waals surface area contributed by atoms with Crippen molar-refractivity contribution >= 4 is 15.7 Å². The third kappa shape index (κ3) is 4.73. The first kappa shape index (κ1) is 16.9. The van der Waals surface area contributed by atoms with Crippen LogP contribution < -0.4 is 10.5 Å². The van der Waals surface area contributed by atoms with E-state index in [1.807, 2.05) is 7.05 Å². The molecule has 1 aromatic rings. The monoisotopic (exact) mass is 303 g/mol. The molecular formula is C13H22FN3O2S. The van der Waals surface area contributed by atoms with Gasteiger partial charge in [0.25, 0.3) is 0 Å². The Balaban J connectivity index is 2.66. The first-order chi connectivity index (χ1) is 9.26. The van der Waals surface area contributed by atoms with Crippen molar-refractivity contribution in [1.29, 1.82) is 0 Å². The van der Waals surface area contributed by atoms with Crippen molar-refractivity contribution < 1.29 is 12.8 Å². The second kappa shape index (κ2) is 7.01. The average molecular weight is 303 g/mol. The number of nitrogen functional groups attached to an aromatic ring is 1. The second-order valence-electron chi connectivity index (χ2n) is 4.86. The van der Waals surface area contributed by atoms with Crippen molar-refractivity contribution in [2.24, 2.45) is 0 Å². The van der Waals surface area contributed by atoms with E-state index in [-0.39, 0.29) is 17.1 Å². The van der Waals surface area contributed by atoms with E-state index in [0.717, 1.165) is 18.6 Å². The Morgan fingerprint density at radius 3 is 2.60 bits per heavy atom. The van der Waals surface area contributed by atoms with Crippen molar-refractivity contribution in [3.05, 3.63) is 24.0 Å². The molecular weight excluding hydrogens is 281 g/mol. The van der Waals surface area contributed by atoms with Crippen LogP contribution in [0.2, 0.25) is 0 Å². The van der Waals surface area contributed by atoms with Crippen LogP contribution >= 0.6 is 0 Å². The molecule has 20 heavy (non-hydrogen) atoms.